The molecule has 0 radical (unpaired) electrons. The topological polar surface area (TPSA) is 91.6 Å². The van der Waals surface area contributed by atoms with E-state index < -0.39 is 11.4 Å². The van der Waals surface area contributed by atoms with Crippen LogP contribution in [-0.2, 0) is 17.9 Å². The lowest BCUT2D eigenvalue weighted by Crippen LogP contribution is -2.54. The van der Waals surface area contributed by atoms with Crippen molar-refractivity contribution in [3.05, 3.63) is 65.2 Å². The molecule has 3 amide bonds. The number of aromatic nitrogens is 1. The predicted octanol–water partition coefficient (Wildman–Crippen LogP) is 4.08. The fourth-order valence-corrected chi connectivity index (χ4v) is 5.00. The van der Waals surface area contributed by atoms with Crippen LogP contribution >= 0.6 is 12.4 Å². The molecule has 0 saturated heterocycles. The number of amides is 3. The summed E-state index contributed by atoms with van der Waals surface area (Å²) in [6.45, 7) is 1.96. The molecule has 7 nitrogen and oxygen atoms in total. The van der Waals surface area contributed by atoms with Crippen LogP contribution < -0.4 is 11.1 Å². The molecule has 0 unspecified atom stereocenters. The second-order valence-electron chi connectivity index (χ2n) is 9.22. The first-order valence-corrected chi connectivity index (χ1v) is 11.5. The minimum Gasteiger partial charge on any atom is -0.337 e. The van der Waals surface area contributed by atoms with Crippen LogP contribution in [0.2, 0.25) is 0 Å². The highest BCUT2D eigenvalue weighted by Gasteiger charge is 2.40. The summed E-state index contributed by atoms with van der Waals surface area (Å²) in [7, 11) is 0. The molecular weight excluding hydrogens is 457 g/mol. The van der Waals surface area contributed by atoms with Crippen molar-refractivity contribution >= 4 is 35.6 Å². The van der Waals surface area contributed by atoms with E-state index in [4.69, 9.17) is 5.73 Å². The van der Waals surface area contributed by atoms with Crippen LogP contribution in [0, 0.1) is 5.82 Å². The van der Waals surface area contributed by atoms with Crippen molar-refractivity contribution in [3.63, 3.8) is 0 Å². The van der Waals surface area contributed by atoms with Crippen molar-refractivity contribution in [3.8, 4) is 0 Å². The van der Waals surface area contributed by atoms with Gasteiger partial charge in [0.05, 0.1) is 24.0 Å². The summed E-state index contributed by atoms with van der Waals surface area (Å²) in [6, 6.07) is 8.90. The summed E-state index contributed by atoms with van der Waals surface area (Å²) in [5.74, 6) is -0.312. The van der Waals surface area contributed by atoms with Gasteiger partial charge in [-0.15, -0.1) is 12.4 Å². The molecule has 180 valence electrons. The van der Waals surface area contributed by atoms with Gasteiger partial charge in [-0.25, -0.2) is 9.18 Å². The standard InChI is InChI=1S/C25H28FN5O2.ClH/c26-20-13-19-15-31(16-22(19)28-14-20)24(33)29-21-5-3-17(4-6-21)18-7-11-30(12-8-18)23(32)25(27)9-1-2-10-25;/h3-7,13-14H,1-2,8-12,15-16,27H2,(H,29,33);1H. The van der Waals surface area contributed by atoms with Crippen LogP contribution in [-0.4, -0.2) is 45.4 Å². The fourth-order valence-electron chi connectivity index (χ4n) is 5.00. The first kappa shape index (κ1) is 24.2. The first-order valence-electron chi connectivity index (χ1n) is 11.5. The molecule has 1 aromatic heterocycles. The van der Waals surface area contributed by atoms with E-state index in [1.807, 2.05) is 29.2 Å². The molecule has 1 aromatic carbocycles. The quantitative estimate of drug-likeness (QED) is 0.685. The number of halogens is 2. The molecule has 3 heterocycles. The molecule has 0 bridgehead atoms. The van der Waals surface area contributed by atoms with Crippen LogP contribution in [0.25, 0.3) is 5.57 Å². The van der Waals surface area contributed by atoms with E-state index in [0.29, 0.717) is 31.9 Å². The van der Waals surface area contributed by atoms with E-state index in [2.05, 4.69) is 16.4 Å². The van der Waals surface area contributed by atoms with Crippen LogP contribution in [0.5, 0.6) is 0 Å². The SMILES string of the molecule is Cl.NC1(C(=O)N2CC=C(c3ccc(NC(=O)N4Cc5cc(F)cnc5C4)cc3)CC2)CCCC1. The van der Waals surface area contributed by atoms with Crippen LogP contribution in [0.3, 0.4) is 0 Å². The van der Waals surface area contributed by atoms with Crippen LogP contribution in [0.15, 0.2) is 42.6 Å². The Morgan fingerprint density at radius 1 is 1.09 bits per heavy atom. The smallest absolute Gasteiger partial charge is 0.322 e. The Balaban J connectivity index is 0.00000274. The molecule has 2 aromatic rings. The second-order valence-corrected chi connectivity index (χ2v) is 9.22. The number of anilines is 1. The van der Waals surface area contributed by atoms with E-state index in [1.54, 1.807) is 4.90 Å². The van der Waals surface area contributed by atoms with Crippen molar-refractivity contribution in [2.75, 3.05) is 18.4 Å². The molecule has 1 aliphatic carbocycles. The Labute approximate surface area is 204 Å². The molecule has 0 spiro atoms. The number of nitrogens with one attached hydrogen (secondary N) is 1. The predicted molar refractivity (Wildman–Crippen MR) is 131 cm³/mol. The van der Waals surface area contributed by atoms with Gasteiger partial charge < -0.3 is 20.9 Å². The number of hydrogen-bond acceptors (Lipinski definition) is 4. The Hall–Kier alpha value is -2.97. The van der Waals surface area contributed by atoms with Gasteiger partial charge in [0.15, 0.2) is 0 Å². The van der Waals surface area contributed by atoms with Gasteiger partial charge in [-0.3, -0.25) is 9.78 Å². The van der Waals surface area contributed by atoms with Gasteiger partial charge in [0.2, 0.25) is 5.91 Å². The number of urea groups is 1. The Bertz CT molecular complexity index is 1110. The highest BCUT2D eigenvalue weighted by molar-refractivity contribution is 5.90. The van der Waals surface area contributed by atoms with Gasteiger partial charge >= 0.3 is 6.03 Å². The lowest BCUT2D eigenvalue weighted by Gasteiger charge is -2.33. The van der Waals surface area contributed by atoms with Gasteiger partial charge in [0.25, 0.3) is 0 Å². The highest BCUT2D eigenvalue weighted by Crippen LogP contribution is 2.31. The van der Waals surface area contributed by atoms with Crippen LogP contribution in [0.4, 0.5) is 14.9 Å². The Kier molecular flexibility index (Phi) is 6.91. The number of pyridine rings is 1. The maximum Gasteiger partial charge on any atom is 0.322 e. The maximum absolute atomic E-state index is 13.4. The third-order valence-corrected chi connectivity index (χ3v) is 6.94. The Morgan fingerprint density at radius 3 is 2.50 bits per heavy atom. The molecule has 34 heavy (non-hydrogen) atoms. The normalized spacial score (nSPS) is 18.7. The van der Waals surface area contributed by atoms with Gasteiger partial charge in [-0.05, 0) is 54.2 Å². The lowest BCUT2D eigenvalue weighted by molar-refractivity contribution is -0.136. The van der Waals surface area contributed by atoms with Crippen molar-refractivity contribution in [2.24, 2.45) is 5.73 Å². The summed E-state index contributed by atoms with van der Waals surface area (Å²) in [4.78, 5) is 33.0. The summed E-state index contributed by atoms with van der Waals surface area (Å²) >= 11 is 0. The minimum absolute atomic E-state index is 0. The second kappa shape index (κ2) is 9.72. The van der Waals surface area contributed by atoms with Gasteiger partial charge in [0.1, 0.15) is 5.82 Å². The number of fused-ring (bicyclic) bond motifs is 1. The molecule has 5 rings (SSSR count). The molecule has 3 aliphatic rings. The number of hydrogen-bond donors (Lipinski definition) is 2. The molecule has 2 aliphatic heterocycles. The number of carbonyl (C=O) groups is 2. The molecule has 0 atom stereocenters. The zero-order chi connectivity index (χ0) is 23.0. The number of nitrogens with zero attached hydrogens (tertiary/aromatic N) is 3. The van der Waals surface area contributed by atoms with Gasteiger partial charge in [0, 0.05) is 25.3 Å². The summed E-state index contributed by atoms with van der Waals surface area (Å²) in [5, 5.41) is 2.90. The largest absolute Gasteiger partial charge is 0.337 e. The number of nitrogens with two attached hydrogens (primary N) is 1. The average molecular weight is 486 g/mol. The first-order chi connectivity index (χ1) is 15.9. The van der Waals surface area contributed by atoms with E-state index in [0.717, 1.165) is 48.9 Å². The summed E-state index contributed by atoms with van der Waals surface area (Å²) in [6.07, 6.45) is 7.67. The van der Waals surface area contributed by atoms with Crippen molar-refractivity contribution < 1.29 is 14.0 Å². The lowest BCUT2D eigenvalue weighted by atomic mass is 9.94. The molecular formula is C25H29ClFN5O2. The molecule has 9 heteroatoms. The fraction of sp³-hybridized carbons (Fsp3) is 0.400. The van der Waals surface area contributed by atoms with E-state index >= 15 is 0 Å². The summed E-state index contributed by atoms with van der Waals surface area (Å²) in [5.41, 5.74) is 10.1. The van der Waals surface area contributed by atoms with E-state index in [-0.39, 0.29) is 24.3 Å². The monoisotopic (exact) mass is 485 g/mol. The van der Waals surface area contributed by atoms with Crippen molar-refractivity contribution in [1.82, 2.24) is 14.8 Å². The van der Waals surface area contributed by atoms with E-state index in [1.165, 1.54) is 17.8 Å². The third kappa shape index (κ3) is 4.79. The zero-order valence-corrected chi connectivity index (χ0v) is 19.7. The van der Waals surface area contributed by atoms with Gasteiger partial charge in [-0.2, -0.15) is 0 Å². The zero-order valence-electron chi connectivity index (χ0n) is 18.9. The summed E-state index contributed by atoms with van der Waals surface area (Å²) < 4.78 is 13.4. The van der Waals surface area contributed by atoms with Gasteiger partial charge in [-0.1, -0.05) is 31.1 Å². The van der Waals surface area contributed by atoms with Crippen LogP contribution in [0.1, 0.15) is 48.9 Å². The third-order valence-electron chi connectivity index (χ3n) is 6.94. The van der Waals surface area contributed by atoms with Crippen molar-refractivity contribution in [1.29, 1.82) is 0 Å². The highest BCUT2D eigenvalue weighted by atomic mass is 35.5. The average Bonchev–Trinajstić information content (AvgIpc) is 3.46. The number of carbonyl (C=O) groups excluding carboxylic acids is 2. The molecule has 3 N–H and O–H groups in total. The minimum atomic E-state index is -0.674. The number of benzene rings is 1. The van der Waals surface area contributed by atoms with E-state index in [9.17, 15) is 14.0 Å². The number of rotatable bonds is 3. The Morgan fingerprint density at radius 2 is 1.82 bits per heavy atom. The molecule has 1 fully saturated rings. The maximum atomic E-state index is 13.4. The molecule has 1 saturated carbocycles. The van der Waals surface area contributed by atoms with Crippen molar-refractivity contribution in [2.45, 2.75) is 50.7 Å².